The van der Waals surface area contributed by atoms with E-state index in [9.17, 15) is 5.11 Å². The van der Waals surface area contributed by atoms with Gasteiger partial charge in [-0.25, -0.2) is 0 Å². The van der Waals surface area contributed by atoms with Crippen molar-refractivity contribution in [3.8, 4) is 17.2 Å². The quantitative estimate of drug-likeness (QED) is 0.812. The third kappa shape index (κ3) is 2.39. The number of benzene rings is 1. The molecule has 2 N–H and O–H groups in total. The molecule has 1 saturated heterocycles. The zero-order valence-corrected chi connectivity index (χ0v) is 9.40. The van der Waals surface area contributed by atoms with Gasteiger partial charge in [0.2, 0.25) is 5.75 Å². The monoisotopic (exact) mass is 223 g/mol. The molecule has 1 atom stereocenters. The van der Waals surface area contributed by atoms with Gasteiger partial charge in [-0.3, -0.25) is 0 Å². The molecule has 1 unspecified atom stereocenters. The van der Waals surface area contributed by atoms with E-state index in [1.165, 1.54) is 0 Å². The van der Waals surface area contributed by atoms with Crippen LogP contribution in [-0.2, 0) is 0 Å². The molecule has 0 amide bonds. The molecule has 1 aliphatic heterocycles. The Morgan fingerprint density at radius 3 is 2.94 bits per heavy atom. The first-order valence-electron chi connectivity index (χ1n) is 5.63. The average molecular weight is 223 g/mol. The van der Waals surface area contributed by atoms with Crippen molar-refractivity contribution in [2.24, 2.45) is 0 Å². The van der Waals surface area contributed by atoms with Crippen molar-refractivity contribution in [2.45, 2.75) is 19.4 Å². The summed E-state index contributed by atoms with van der Waals surface area (Å²) in [7, 11) is 0. The zero-order chi connectivity index (χ0) is 11.4. The van der Waals surface area contributed by atoms with Crippen molar-refractivity contribution >= 4 is 0 Å². The Labute approximate surface area is 95.2 Å². The van der Waals surface area contributed by atoms with Crippen molar-refractivity contribution in [3.05, 3.63) is 18.2 Å². The Hall–Kier alpha value is -1.42. The summed E-state index contributed by atoms with van der Waals surface area (Å²) in [5.41, 5.74) is 0. The first-order valence-corrected chi connectivity index (χ1v) is 5.63. The fourth-order valence-electron chi connectivity index (χ4n) is 1.78. The van der Waals surface area contributed by atoms with Crippen molar-refractivity contribution in [1.29, 1.82) is 0 Å². The third-order valence-corrected chi connectivity index (χ3v) is 2.57. The Bertz CT molecular complexity index is 348. The highest BCUT2D eigenvalue weighted by Crippen LogP contribution is 2.36. The molecular weight excluding hydrogens is 206 g/mol. The molecule has 16 heavy (non-hydrogen) atoms. The molecule has 0 saturated carbocycles. The first kappa shape index (κ1) is 11.1. The molecule has 1 heterocycles. The smallest absolute Gasteiger partial charge is 0.200 e. The first-order chi connectivity index (χ1) is 7.81. The highest BCUT2D eigenvalue weighted by Gasteiger charge is 2.18. The number of rotatable bonds is 4. The summed E-state index contributed by atoms with van der Waals surface area (Å²) >= 11 is 0. The van der Waals surface area contributed by atoms with E-state index in [4.69, 9.17) is 9.47 Å². The molecule has 1 aromatic carbocycles. The Kier molecular flexibility index (Phi) is 3.51. The van der Waals surface area contributed by atoms with E-state index >= 15 is 0 Å². The Morgan fingerprint density at radius 1 is 1.44 bits per heavy atom. The standard InChI is InChI=1S/C12H17NO3/c1-2-15-10-4-3-5-11(12(10)14)16-9-6-7-13-8-9/h3-5,9,13-14H,2,6-8H2,1H3. The minimum absolute atomic E-state index is 0.0938. The van der Waals surface area contributed by atoms with Gasteiger partial charge in [-0.05, 0) is 32.0 Å². The number of hydrogen-bond donors (Lipinski definition) is 2. The summed E-state index contributed by atoms with van der Waals surface area (Å²) < 4.78 is 11.0. The second-order valence-corrected chi connectivity index (χ2v) is 3.77. The van der Waals surface area contributed by atoms with E-state index in [-0.39, 0.29) is 11.9 Å². The van der Waals surface area contributed by atoms with Crippen LogP contribution in [0.25, 0.3) is 0 Å². The number of nitrogens with one attached hydrogen (secondary N) is 1. The predicted octanol–water partition coefficient (Wildman–Crippen LogP) is 1.53. The lowest BCUT2D eigenvalue weighted by Crippen LogP contribution is -2.19. The molecule has 0 radical (unpaired) electrons. The minimum atomic E-state index is 0.0938. The van der Waals surface area contributed by atoms with Gasteiger partial charge < -0.3 is 19.9 Å². The van der Waals surface area contributed by atoms with E-state index in [2.05, 4.69) is 5.32 Å². The zero-order valence-electron chi connectivity index (χ0n) is 9.40. The largest absolute Gasteiger partial charge is 0.502 e. The number of para-hydroxylation sites is 1. The van der Waals surface area contributed by atoms with Gasteiger partial charge in [0.25, 0.3) is 0 Å². The van der Waals surface area contributed by atoms with E-state index in [1.54, 1.807) is 12.1 Å². The third-order valence-electron chi connectivity index (χ3n) is 2.57. The summed E-state index contributed by atoms with van der Waals surface area (Å²) in [6, 6.07) is 5.32. The van der Waals surface area contributed by atoms with Gasteiger partial charge in [0, 0.05) is 6.54 Å². The van der Waals surface area contributed by atoms with Crippen LogP contribution >= 0.6 is 0 Å². The highest BCUT2D eigenvalue weighted by molar-refractivity contribution is 5.49. The maximum Gasteiger partial charge on any atom is 0.200 e. The fraction of sp³-hybridized carbons (Fsp3) is 0.500. The van der Waals surface area contributed by atoms with Crippen molar-refractivity contribution in [1.82, 2.24) is 5.32 Å². The summed E-state index contributed by atoms with van der Waals surface area (Å²) in [6.07, 6.45) is 1.11. The molecular formula is C12H17NO3. The molecule has 0 spiro atoms. The number of phenolic OH excluding ortho intramolecular Hbond substituents is 1. The Morgan fingerprint density at radius 2 is 2.25 bits per heavy atom. The van der Waals surface area contributed by atoms with Gasteiger partial charge in [0.15, 0.2) is 11.5 Å². The van der Waals surface area contributed by atoms with Crippen LogP contribution in [0, 0.1) is 0 Å². The maximum absolute atomic E-state index is 9.91. The van der Waals surface area contributed by atoms with Crippen LogP contribution in [0.5, 0.6) is 17.2 Å². The lowest BCUT2D eigenvalue weighted by molar-refractivity contribution is 0.210. The lowest BCUT2D eigenvalue weighted by Gasteiger charge is -2.15. The van der Waals surface area contributed by atoms with Crippen LogP contribution in [0.3, 0.4) is 0 Å². The second kappa shape index (κ2) is 5.07. The van der Waals surface area contributed by atoms with Crippen molar-refractivity contribution < 1.29 is 14.6 Å². The molecule has 88 valence electrons. The molecule has 0 bridgehead atoms. The molecule has 1 aromatic rings. The number of ether oxygens (including phenoxy) is 2. The van der Waals surface area contributed by atoms with Crippen LogP contribution in [0.4, 0.5) is 0 Å². The highest BCUT2D eigenvalue weighted by atomic mass is 16.5. The SMILES string of the molecule is CCOc1cccc(OC2CCNC2)c1O. The number of hydrogen-bond acceptors (Lipinski definition) is 4. The number of aromatic hydroxyl groups is 1. The fourth-order valence-corrected chi connectivity index (χ4v) is 1.78. The van der Waals surface area contributed by atoms with E-state index in [0.29, 0.717) is 18.1 Å². The molecule has 2 rings (SSSR count). The van der Waals surface area contributed by atoms with Crippen LogP contribution in [0.2, 0.25) is 0 Å². The average Bonchev–Trinajstić information content (AvgIpc) is 2.77. The Balaban J connectivity index is 2.10. The predicted molar refractivity (Wildman–Crippen MR) is 61.2 cm³/mol. The van der Waals surface area contributed by atoms with E-state index < -0.39 is 0 Å². The second-order valence-electron chi connectivity index (χ2n) is 3.77. The molecule has 4 heteroatoms. The van der Waals surface area contributed by atoms with Crippen molar-refractivity contribution in [2.75, 3.05) is 19.7 Å². The van der Waals surface area contributed by atoms with Crippen LogP contribution in [0.1, 0.15) is 13.3 Å². The van der Waals surface area contributed by atoms with Gasteiger partial charge in [0.1, 0.15) is 6.10 Å². The maximum atomic E-state index is 9.91. The minimum Gasteiger partial charge on any atom is -0.502 e. The topological polar surface area (TPSA) is 50.7 Å². The van der Waals surface area contributed by atoms with E-state index in [0.717, 1.165) is 19.5 Å². The van der Waals surface area contributed by atoms with Crippen molar-refractivity contribution in [3.63, 3.8) is 0 Å². The van der Waals surface area contributed by atoms with Gasteiger partial charge >= 0.3 is 0 Å². The number of phenols is 1. The summed E-state index contributed by atoms with van der Waals surface area (Å²) in [5.74, 6) is 1.07. The van der Waals surface area contributed by atoms with Gasteiger partial charge in [0.05, 0.1) is 6.61 Å². The van der Waals surface area contributed by atoms with Crippen LogP contribution in [-0.4, -0.2) is 30.9 Å². The molecule has 1 fully saturated rings. The molecule has 4 nitrogen and oxygen atoms in total. The van der Waals surface area contributed by atoms with Gasteiger partial charge in [-0.15, -0.1) is 0 Å². The van der Waals surface area contributed by atoms with Crippen LogP contribution in [0.15, 0.2) is 18.2 Å². The molecule has 0 aromatic heterocycles. The van der Waals surface area contributed by atoms with Gasteiger partial charge in [-0.2, -0.15) is 0 Å². The van der Waals surface area contributed by atoms with Gasteiger partial charge in [-0.1, -0.05) is 6.07 Å². The van der Waals surface area contributed by atoms with E-state index in [1.807, 2.05) is 13.0 Å². The molecule has 0 aliphatic carbocycles. The normalized spacial score (nSPS) is 19.7. The summed E-state index contributed by atoms with van der Waals surface area (Å²) in [5, 5.41) is 13.1. The molecule has 1 aliphatic rings. The van der Waals surface area contributed by atoms with Crippen LogP contribution < -0.4 is 14.8 Å². The summed E-state index contributed by atoms with van der Waals surface area (Å²) in [4.78, 5) is 0. The summed E-state index contributed by atoms with van der Waals surface area (Å²) in [6.45, 7) is 4.21. The lowest BCUT2D eigenvalue weighted by atomic mass is 10.2.